The predicted octanol–water partition coefficient (Wildman–Crippen LogP) is 1.20. The van der Waals surface area contributed by atoms with E-state index in [-0.39, 0.29) is 11.4 Å². The molecule has 7 nitrogen and oxygen atoms in total. The zero-order valence-electron chi connectivity index (χ0n) is 15.5. The molecule has 0 saturated carbocycles. The number of halogens is 1. The molecule has 0 bridgehead atoms. The van der Waals surface area contributed by atoms with E-state index in [0.717, 1.165) is 12.1 Å². The van der Waals surface area contributed by atoms with Gasteiger partial charge in [-0.2, -0.15) is 0 Å². The minimum atomic E-state index is -3.90. The summed E-state index contributed by atoms with van der Waals surface area (Å²) in [7, 11) is -0.237. The molecule has 0 aliphatic rings. The lowest BCUT2D eigenvalue weighted by molar-refractivity contribution is -0.139. The highest BCUT2D eigenvalue weighted by molar-refractivity contribution is 7.91. The maximum absolute atomic E-state index is 13.1. The Hall–Kier alpha value is -2.30. The van der Waals surface area contributed by atoms with Crippen LogP contribution >= 0.6 is 11.3 Å². The van der Waals surface area contributed by atoms with Crippen LogP contribution in [0.15, 0.2) is 46.7 Å². The summed E-state index contributed by atoms with van der Waals surface area (Å²) in [6, 6.07) is 7.83. The number of likely N-dealkylation sites (N-methyl/N-ethyl adjacent to an activating group) is 1. The number of rotatable bonds is 8. The van der Waals surface area contributed by atoms with Crippen LogP contribution in [0.25, 0.3) is 0 Å². The van der Waals surface area contributed by atoms with Gasteiger partial charge in [0.05, 0.1) is 4.90 Å². The number of hydrogen-bond donors (Lipinski definition) is 2. The normalized spacial score (nSPS) is 12.6. The zero-order valence-corrected chi connectivity index (χ0v) is 17.1. The molecule has 2 N–H and O–H groups in total. The second-order valence-corrected chi connectivity index (χ2v) is 9.38. The van der Waals surface area contributed by atoms with E-state index in [0.29, 0.717) is 18.0 Å². The highest BCUT2D eigenvalue weighted by Gasteiger charge is 2.31. The summed E-state index contributed by atoms with van der Waals surface area (Å²) in [5.41, 5.74) is 0. The molecule has 0 aliphatic heterocycles. The Kier molecular flexibility index (Phi) is 7.67. The van der Waals surface area contributed by atoms with E-state index in [4.69, 9.17) is 0 Å². The molecule has 1 aromatic heterocycles. The van der Waals surface area contributed by atoms with Crippen LogP contribution in [0.5, 0.6) is 0 Å². The molecule has 2 rings (SSSR count). The Balaban J connectivity index is 2.11. The second-order valence-electron chi connectivity index (χ2n) is 6.27. The van der Waals surface area contributed by atoms with Crippen molar-refractivity contribution >= 4 is 33.0 Å². The number of nitrogens with one attached hydrogen (secondary N) is 2. The van der Waals surface area contributed by atoms with E-state index < -0.39 is 32.7 Å². The van der Waals surface area contributed by atoms with Crippen molar-refractivity contribution < 1.29 is 22.4 Å². The molecule has 0 radical (unpaired) electrons. The minimum absolute atomic E-state index is 0.0583. The van der Waals surface area contributed by atoms with Crippen molar-refractivity contribution in [3.05, 3.63) is 52.5 Å². The van der Waals surface area contributed by atoms with Gasteiger partial charge in [-0.25, -0.2) is 12.8 Å². The molecule has 0 aliphatic carbocycles. The molecule has 2 amide bonds. The van der Waals surface area contributed by atoms with Crippen molar-refractivity contribution in [3.8, 4) is 0 Å². The summed E-state index contributed by atoms with van der Waals surface area (Å²) in [6.45, 7) is 0.581. The lowest BCUT2D eigenvalue weighted by atomic mass is 10.3. The van der Waals surface area contributed by atoms with E-state index in [2.05, 4.69) is 10.6 Å². The summed E-state index contributed by atoms with van der Waals surface area (Å²) >= 11 is 1.22. The molecule has 2 aromatic rings. The van der Waals surface area contributed by atoms with Gasteiger partial charge in [0.25, 0.3) is 0 Å². The quantitative estimate of drug-likeness (QED) is 0.488. The monoisotopic (exact) mass is 427 g/mol. The van der Waals surface area contributed by atoms with Crippen LogP contribution in [0.2, 0.25) is 0 Å². The predicted molar refractivity (Wildman–Crippen MR) is 105 cm³/mol. The summed E-state index contributed by atoms with van der Waals surface area (Å²) in [5.74, 6) is -2.28. The third-order valence-corrected chi connectivity index (χ3v) is 7.11. The van der Waals surface area contributed by atoms with Crippen LogP contribution < -0.4 is 10.6 Å². The Morgan fingerprint density at radius 2 is 1.75 bits per heavy atom. The topological polar surface area (TPSA) is 95.6 Å². The van der Waals surface area contributed by atoms with Gasteiger partial charge in [0.1, 0.15) is 11.1 Å². The van der Waals surface area contributed by atoms with Gasteiger partial charge >= 0.3 is 11.8 Å². The Labute approximate surface area is 167 Å². The van der Waals surface area contributed by atoms with Gasteiger partial charge in [0.2, 0.25) is 0 Å². The highest BCUT2D eigenvalue weighted by Crippen LogP contribution is 2.31. The first-order valence-corrected chi connectivity index (χ1v) is 10.9. The lowest BCUT2D eigenvalue weighted by Gasteiger charge is -2.17. The number of benzene rings is 1. The van der Waals surface area contributed by atoms with Gasteiger partial charge in [0, 0.05) is 24.5 Å². The molecule has 0 fully saturated rings. The third-order valence-electron chi connectivity index (χ3n) is 3.88. The van der Waals surface area contributed by atoms with Crippen LogP contribution in [-0.2, 0) is 19.4 Å². The van der Waals surface area contributed by atoms with E-state index in [1.54, 1.807) is 17.5 Å². The number of amides is 2. The number of carbonyl (C=O) groups is 2. The fourth-order valence-electron chi connectivity index (χ4n) is 2.37. The maximum atomic E-state index is 13.1. The van der Waals surface area contributed by atoms with Crippen molar-refractivity contribution in [2.45, 2.75) is 10.1 Å². The molecule has 0 saturated heterocycles. The number of hydrogen-bond acceptors (Lipinski definition) is 6. The molecule has 28 heavy (non-hydrogen) atoms. The van der Waals surface area contributed by atoms with Gasteiger partial charge in [-0.3, -0.25) is 9.59 Å². The van der Waals surface area contributed by atoms with Crippen LogP contribution in [0.1, 0.15) is 10.1 Å². The van der Waals surface area contributed by atoms with Crippen LogP contribution in [-0.4, -0.2) is 58.9 Å². The number of sulfone groups is 1. The molecular formula is C18H22FN3O4S2. The standard InChI is InChI=1S/C18H22FN3O4S2/c1-22(2)10-9-20-17(23)18(24)21-12-16(15-4-3-11-27-15)28(25,26)14-7-5-13(19)6-8-14/h3-8,11,16H,9-10,12H2,1-2H3,(H,20,23)(H,21,24)/t16-/m1/s1. The van der Waals surface area contributed by atoms with E-state index in [1.165, 1.54) is 23.5 Å². The first kappa shape index (κ1) is 22.0. The molecule has 1 atom stereocenters. The second kappa shape index (κ2) is 9.76. The molecular weight excluding hydrogens is 405 g/mol. The summed E-state index contributed by atoms with van der Waals surface area (Å²) in [4.78, 5) is 26.2. The molecule has 152 valence electrons. The smallest absolute Gasteiger partial charge is 0.309 e. The first-order valence-electron chi connectivity index (χ1n) is 8.45. The average Bonchev–Trinajstić information content (AvgIpc) is 3.15. The fraction of sp³-hybridized carbons (Fsp3) is 0.333. The van der Waals surface area contributed by atoms with E-state index in [9.17, 15) is 22.4 Å². The van der Waals surface area contributed by atoms with Gasteiger partial charge in [-0.1, -0.05) is 6.07 Å². The average molecular weight is 428 g/mol. The summed E-state index contributed by atoms with van der Waals surface area (Å²) < 4.78 is 39.1. The highest BCUT2D eigenvalue weighted by atomic mass is 32.2. The number of nitrogens with zero attached hydrogens (tertiary/aromatic N) is 1. The van der Waals surface area contributed by atoms with Crippen molar-refractivity contribution in [1.82, 2.24) is 15.5 Å². The SMILES string of the molecule is CN(C)CCNC(=O)C(=O)NC[C@H](c1cccs1)S(=O)(=O)c1ccc(F)cc1. The van der Waals surface area contributed by atoms with Gasteiger partial charge in [-0.05, 0) is 49.8 Å². The van der Waals surface area contributed by atoms with Gasteiger partial charge in [-0.15, -0.1) is 11.3 Å². The Morgan fingerprint density at radius 3 is 2.32 bits per heavy atom. The lowest BCUT2D eigenvalue weighted by Crippen LogP contribution is -2.43. The molecule has 1 heterocycles. The molecule has 0 unspecified atom stereocenters. The van der Waals surface area contributed by atoms with Crippen molar-refractivity contribution in [1.29, 1.82) is 0 Å². The first-order chi connectivity index (χ1) is 13.2. The van der Waals surface area contributed by atoms with Crippen LogP contribution in [0, 0.1) is 5.82 Å². The van der Waals surface area contributed by atoms with E-state index in [1.807, 2.05) is 19.0 Å². The largest absolute Gasteiger partial charge is 0.347 e. The Bertz CT molecular complexity index is 897. The molecule has 1 aromatic carbocycles. The fourth-order valence-corrected chi connectivity index (χ4v) is 5.15. The summed E-state index contributed by atoms with van der Waals surface area (Å²) in [6.07, 6.45) is 0. The van der Waals surface area contributed by atoms with Crippen LogP contribution in [0.4, 0.5) is 4.39 Å². The third kappa shape index (κ3) is 5.85. The molecule has 10 heteroatoms. The van der Waals surface area contributed by atoms with Crippen molar-refractivity contribution in [2.24, 2.45) is 0 Å². The zero-order chi connectivity index (χ0) is 20.7. The number of carbonyl (C=O) groups excluding carboxylic acids is 2. The van der Waals surface area contributed by atoms with Crippen molar-refractivity contribution in [2.75, 3.05) is 33.7 Å². The maximum Gasteiger partial charge on any atom is 0.309 e. The van der Waals surface area contributed by atoms with Gasteiger partial charge < -0.3 is 15.5 Å². The van der Waals surface area contributed by atoms with Crippen LogP contribution in [0.3, 0.4) is 0 Å². The number of thiophene rings is 1. The Morgan fingerprint density at radius 1 is 1.11 bits per heavy atom. The molecule has 0 spiro atoms. The van der Waals surface area contributed by atoms with Crippen molar-refractivity contribution in [3.63, 3.8) is 0 Å². The minimum Gasteiger partial charge on any atom is -0.347 e. The van der Waals surface area contributed by atoms with Gasteiger partial charge in [0.15, 0.2) is 9.84 Å². The summed E-state index contributed by atoms with van der Waals surface area (Å²) in [5, 5.41) is 5.49. The van der Waals surface area contributed by atoms with E-state index >= 15 is 0 Å².